The molecule has 4 rings (SSSR count). The second-order valence-electron chi connectivity index (χ2n) is 6.71. The van der Waals surface area contributed by atoms with Crippen molar-refractivity contribution in [3.8, 4) is 0 Å². The van der Waals surface area contributed by atoms with Gasteiger partial charge in [-0.15, -0.1) is 0 Å². The highest BCUT2D eigenvalue weighted by Gasteiger charge is 2.28. The largest absolute Gasteiger partial charge is 0.354 e. The van der Waals surface area contributed by atoms with Gasteiger partial charge in [-0.2, -0.15) is 10.2 Å². The average molecular weight is 329 g/mol. The molecule has 0 radical (unpaired) electrons. The van der Waals surface area contributed by atoms with Gasteiger partial charge >= 0.3 is 0 Å². The van der Waals surface area contributed by atoms with Gasteiger partial charge in [0.1, 0.15) is 11.5 Å². The van der Waals surface area contributed by atoms with Crippen LogP contribution in [0.25, 0.3) is 0 Å². The summed E-state index contributed by atoms with van der Waals surface area (Å²) in [4.78, 5) is 18.7. The van der Waals surface area contributed by atoms with Crippen LogP contribution in [-0.4, -0.2) is 55.9 Å². The first-order valence-electron chi connectivity index (χ1n) is 8.63. The molecule has 128 valence electrons. The molecule has 1 atom stereocenters. The van der Waals surface area contributed by atoms with Gasteiger partial charge in [-0.25, -0.2) is 4.98 Å². The molecule has 3 heterocycles. The lowest BCUT2D eigenvalue weighted by atomic mass is 10.1. The van der Waals surface area contributed by atoms with Crippen molar-refractivity contribution in [3.63, 3.8) is 0 Å². The summed E-state index contributed by atoms with van der Waals surface area (Å²) in [7, 11) is 1.62. The molecule has 2 aliphatic rings. The van der Waals surface area contributed by atoms with Gasteiger partial charge in [-0.05, 0) is 38.3 Å². The SMILES string of the molecule is CNC(=O)c1ccn(C2CCCN(Cc3nc(C4CC4)n[nH]3)C2)n1. The molecule has 1 unspecified atom stereocenters. The normalized spacial score (nSPS) is 21.8. The third kappa shape index (κ3) is 3.19. The summed E-state index contributed by atoms with van der Waals surface area (Å²) in [5.41, 5.74) is 0.471. The van der Waals surface area contributed by atoms with Crippen LogP contribution in [0, 0.1) is 0 Å². The predicted octanol–water partition coefficient (Wildman–Crippen LogP) is 1.08. The molecule has 1 amide bonds. The van der Waals surface area contributed by atoms with E-state index in [4.69, 9.17) is 0 Å². The van der Waals surface area contributed by atoms with Crippen LogP contribution in [0.4, 0.5) is 0 Å². The lowest BCUT2D eigenvalue weighted by Crippen LogP contribution is -2.36. The summed E-state index contributed by atoms with van der Waals surface area (Å²) in [6, 6.07) is 2.07. The summed E-state index contributed by atoms with van der Waals surface area (Å²) in [5, 5.41) is 14.4. The number of rotatable bonds is 5. The number of hydrogen-bond donors (Lipinski definition) is 2. The van der Waals surface area contributed by atoms with Gasteiger partial charge in [0.15, 0.2) is 5.82 Å². The second kappa shape index (κ2) is 6.35. The zero-order valence-corrected chi connectivity index (χ0v) is 13.9. The smallest absolute Gasteiger partial charge is 0.271 e. The van der Waals surface area contributed by atoms with E-state index in [1.165, 1.54) is 12.8 Å². The summed E-state index contributed by atoms with van der Waals surface area (Å²) >= 11 is 0. The first-order valence-corrected chi connectivity index (χ1v) is 8.63. The second-order valence-corrected chi connectivity index (χ2v) is 6.71. The highest BCUT2D eigenvalue weighted by atomic mass is 16.1. The minimum absolute atomic E-state index is 0.143. The van der Waals surface area contributed by atoms with Gasteiger partial charge in [0.05, 0.1) is 12.6 Å². The predicted molar refractivity (Wildman–Crippen MR) is 87.5 cm³/mol. The van der Waals surface area contributed by atoms with E-state index < -0.39 is 0 Å². The lowest BCUT2D eigenvalue weighted by Gasteiger charge is -2.32. The van der Waals surface area contributed by atoms with E-state index in [0.717, 1.165) is 44.1 Å². The number of hydrogen-bond acceptors (Lipinski definition) is 5. The number of piperidine rings is 1. The van der Waals surface area contributed by atoms with E-state index in [0.29, 0.717) is 17.7 Å². The zero-order valence-electron chi connectivity index (χ0n) is 13.9. The lowest BCUT2D eigenvalue weighted by molar-refractivity contribution is 0.0955. The first-order chi connectivity index (χ1) is 11.7. The summed E-state index contributed by atoms with van der Waals surface area (Å²) < 4.78 is 1.92. The highest BCUT2D eigenvalue weighted by molar-refractivity contribution is 5.91. The van der Waals surface area contributed by atoms with Crippen LogP contribution < -0.4 is 5.32 Å². The Morgan fingerprint density at radius 1 is 1.42 bits per heavy atom. The topological polar surface area (TPSA) is 91.7 Å². The monoisotopic (exact) mass is 329 g/mol. The third-order valence-corrected chi connectivity index (χ3v) is 4.79. The maximum Gasteiger partial charge on any atom is 0.271 e. The summed E-state index contributed by atoms with van der Waals surface area (Å²) in [6.07, 6.45) is 6.53. The van der Waals surface area contributed by atoms with Crippen LogP contribution in [0.15, 0.2) is 12.3 Å². The molecule has 24 heavy (non-hydrogen) atoms. The molecule has 0 aromatic carbocycles. The van der Waals surface area contributed by atoms with Crippen molar-refractivity contribution in [3.05, 3.63) is 29.6 Å². The van der Waals surface area contributed by atoms with Crippen molar-refractivity contribution in [2.75, 3.05) is 20.1 Å². The van der Waals surface area contributed by atoms with Gasteiger partial charge in [0.25, 0.3) is 5.91 Å². The van der Waals surface area contributed by atoms with Crippen molar-refractivity contribution in [1.29, 1.82) is 0 Å². The summed E-state index contributed by atoms with van der Waals surface area (Å²) in [6.45, 7) is 2.76. The van der Waals surface area contributed by atoms with Crippen molar-refractivity contribution < 1.29 is 4.79 Å². The molecule has 8 nitrogen and oxygen atoms in total. The molecule has 1 aliphatic carbocycles. The third-order valence-electron chi connectivity index (χ3n) is 4.79. The fourth-order valence-corrected chi connectivity index (χ4v) is 3.30. The Bertz CT molecular complexity index is 718. The molecular formula is C16H23N7O. The molecule has 1 saturated carbocycles. The van der Waals surface area contributed by atoms with Crippen LogP contribution in [0.2, 0.25) is 0 Å². The Hall–Kier alpha value is -2.22. The number of likely N-dealkylation sites (tertiary alicyclic amines) is 1. The van der Waals surface area contributed by atoms with Crippen molar-refractivity contribution in [1.82, 2.24) is 35.2 Å². The van der Waals surface area contributed by atoms with E-state index in [1.54, 1.807) is 13.1 Å². The van der Waals surface area contributed by atoms with Gasteiger partial charge in [-0.3, -0.25) is 19.5 Å². The Kier molecular flexibility index (Phi) is 4.05. The van der Waals surface area contributed by atoms with Gasteiger partial charge in [0.2, 0.25) is 0 Å². The quantitative estimate of drug-likeness (QED) is 0.856. The van der Waals surface area contributed by atoms with Crippen LogP contribution in [0.3, 0.4) is 0 Å². The Morgan fingerprint density at radius 2 is 2.29 bits per heavy atom. The van der Waals surface area contributed by atoms with E-state index >= 15 is 0 Å². The van der Waals surface area contributed by atoms with Gasteiger partial charge in [-0.1, -0.05) is 0 Å². The van der Waals surface area contributed by atoms with Crippen LogP contribution in [-0.2, 0) is 6.54 Å². The number of nitrogens with one attached hydrogen (secondary N) is 2. The van der Waals surface area contributed by atoms with Gasteiger partial charge < -0.3 is 5.32 Å². The molecule has 0 spiro atoms. The highest BCUT2D eigenvalue weighted by Crippen LogP contribution is 2.37. The van der Waals surface area contributed by atoms with E-state index in [9.17, 15) is 4.79 Å². The van der Waals surface area contributed by atoms with E-state index in [2.05, 4.69) is 30.5 Å². The van der Waals surface area contributed by atoms with Crippen molar-refractivity contribution in [2.45, 2.75) is 44.2 Å². The zero-order chi connectivity index (χ0) is 16.5. The fourth-order valence-electron chi connectivity index (χ4n) is 3.30. The number of amides is 1. The maximum atomic E-state index is 11.7. The number of aromatic amines is 1. The average Bonchev–Trinajstić information content (AvgIpc) is 3.15. The standard InChI is InChI=1S/C16H23N7O/c1-17-16(24)13-6-8-23(21-13)12-3-2-7-22(9-12)10-14-18-15(20-19-14)11-4-5-11/h6,8,11-12H,2-5,7,9-10H2,1H3,(H,17,24)(H,18,19,20). The number of carbonyl (C=O) groups is 1. The van der Waals surface area contributed by atoms with Crippen LogP contribution in [0.1, 0.15) is 59.8 Å². The number of nitrogens with zero attached hydrogens (tertiary/aromatic N) is 5. The number of carbonyl (C=O) groups excluding carboxylic acids is 1. The Labute approximate surface area is 140 Å². The first kappa shape index (κ1) is 15.3. The molecular weight excluding hydrogens is 306 g/mol. The summed E-state index contributed by atoms with van der Waals surface area (Å²) in [5.74, 6) is 2.36. The number of H-pyrrole nitrogens is 1. The molecule has 1 aliphatic heterocycles. The molecule has 2 fully saturated rings. The minimum atomic E-state index is -0.143. The van der Waals surface area contributed by atoms with Crippen molar-refractivity contribution >= 4 is 5.91 Å². The Morgan fingerprint density at radius 3 is 3.08 bits per heavy atom. The molecule has 2 N–H and O–H groups in total. The molecule has 8 heteroatoms. The number of aromatic nitrogens is 5. The molecule has 2 aromatic heterocycles. The van der Waals surface area contributed by atoms with Crippen LogP contribution in [0.5, 0.6) is 0 Å². The Balaban J connectivity index is 1.39. The molecule has 2 aromatic rings. The van der Waals surface area contributed by atoms with E-state index in [1.807, 2.05) is 10.9 Å². The fraction of sp³-hybridized carbons (Fsp3) is 0.625. The van der Waals surface area contributed by atoms with E-state index in [-0.39, 0.29) is 5.91 Å². The van der Waals surface area contributed by atoms with Crippen LogP contribution >= 0.6 is 0 Å². The molecule has 1 saturated heterocycles. The maximum absolute atomic E-state index is 11.7. The molecule has 0 bridgehead atoms. The minimum Gasteiger partial charge on any atom is -0.354 e. The van der Waals surface area contributed by atoms with Crippen molar-refractivity contribution in [2.24, 2.45) is 0 Å². The van der Waals surface area contributed by atoms with Gasteiger partial charge in [0, 0.05) is 25.7 Å².